The second-order valence-corrected chi connectivity index (χ2v) is 17.9. The summed E-state index contributed by atoms with van der Waals surface area (Å²) in [5, 5.41) is 3.92. The van der Waals surface area contributed by atoms with Gasteiger partial charge in [0.2, 0.25) is 0 Å². The van der Waals surface area contributed by atoms with Gasteiger partial charge >= 0.3 is 5.51 Å². The summed E-state index contributed by atoms with van der Waals surface area (Å²) >= 11 is 6.13. The Kier molecular flexibility index (Phi) is 12.4. The monoisotopic (exact) mass is 881 g/mol. The van der Waals surface area contributed by atoms with E-state index in [-0.39, 0.29) is 36.6 Å². The van der Waals surface area contributed by atoms with Crippen LogP contribution in [0.1, 0.15) is 22.3 Å². The van der Waals surface area contributed by atoms with Crippen molar-refractivity contribution in [3.63, 3.8) is 0 Å². The van der Waals surface area contributed by atoms with Crippen molar-refractivity contribution < 1.29 is 39.5 Å². The Morgan fingerprint density at radius 3 is 2.40 bits per heavy atom. The van der Waals surface area contributed by atoms with Gasteiger partial charge in [0.05, 0.1) is 22.3 Å². The minimum atomic E-state index is -6.02. The minimum absolute atomic E-state index is 0.0142. The van der Waals surface area contributed by atoms with Crippen LogP contribution < -0.4 is 25.4 Å². The van der Waals surface area contributed by atoms with Crippen molar-refractivity contribution >= 4 is 59.8 Å². The van der Waals surface area contributed by atoms with E-state index in [1.54, 1.807) is 30.5 Å². The van der Waals surface area contributed by atoms with Crippen molar-refractivity contribution in [3.05, 3.63) is 126 Å². The van der Waals surface area contributed by atoms with E-state index >= 15 is 0 Å². The molecule has 13 nitrogen and oxygen atoms in total. The topological polar surface area (TPSA) is 180 Å². The largest absolute Gasteiger partial charge is 0.501 e. The van der Waals surface area contributed by atoms with Crippen molar-refractivity contribution in [2.75, 3.05) is 49.5 Å². The first kappa shape index (κ1) is 42.5. The summed E-state index contributed by atoms with van der Waals surface area (Å²) in [6, 6.07) is 26.1. The number of amides is 1. The van der Waals surface area contributed by atoms with Gasteiger partial charge in [-0.15, -0.1) is 0 Å². The number of alkyl halides is 3. The number of aromatic nitrogens is 2. The Morgan fingerprint density at radius 2 is 1.67 bits per heavy atom. The van der Waals surface area contributed by atoms with Gasteiger partial charge in [0.25, 0.3) is 25.8 Å². The molecule has 314 valence electrons. The maximum absolute atomic E-state index is 13.8. The van der Waals surface area contributed by atoms with Crippen molar-refractivity contribution in [3.8, 4) is 22.6 Å². The maximum atomic E-state index is 13.8. The summed E-state index contributed by atoms with van der Waals surface area (Å²) < 4.78 is 101. The van der Waals surface area contributed by atoms with Crippen molar-refractivity contribution in [2.24, 2.45) is 5.73 Å². The number of hydrogen-bond donors (Lipinski definition) is 4. The molecule has 3 heterocycles. The molecule has 7 rings (SSSR count). The summed E-state index contributed by atoms with van der Waals surface area (Å²) in [5.74, 6) is -0.974. The highest BCUT2D eigenvalue weighted by molar-refractivity contribution is 7.92. The molecule has 1 aliphatic heterocycles. The lowest BCUT2D eigenvalue weighted by Gasteiger charge is -2.36. The number of aromatic amines is 1. The minimum Gasteiger partial charge on any atom is -0.455 e. The molecule has 0 unspecified atom stereocenters. The molecule has 1 fully saturated rings. The molecule has 6 aromatic rings. The normalized spacial score (nSPS) is 14.0. The Balaban J connectivity index is 1.14. The summed E-state index contributed by atoms with van der Waals surface area (Å²) in [7, 11) is -11.0. The van der Waals surface area contributed by atoms with E-state index in [9.17, 15) is 34.8 Å². The molecule has 0 saturated carbocycles. The van der Waals surface area contributed by atoms with Gasteiger partial charge in [-0.3, -0.25) is 9.69 Å². The first-order chi connectivity index (χ1) is 28.6. The Morgan fingerprint density at radius 1 is 0.917 bits per heavy atom. The summed E-state index contributed by atoms with van der Waals surface area (Å²) in [6.07, 6.45) is 3.41. The molecule has 0 aliphatic carbocycles. The van der Waals surface area contributed by atoms with E-state index < -0.39 is 46.8 Å². The zero-order chi connectivity index (χ0) is 42.7. The number of H-pyrrole nitrogens is 1. The number of nitrogens with zero attached hydrogens (tertiary/aromatic N) is 3. The van der Waals surface area contributed by atoms with Gasteiger partial charge in [0.1, 0.15) is 22.0 Å². The molecule has 60 heavy (non-hydrogen) atoms. The van der Waals surface area contributed by atoms with Crippen LogP contribution in [0.25, 0.3) is 22.2 Å². The number of ether oxygens (including phenoxy) is 1. The van der Waals surface area contributed by atoms with Gasteiger partial charge in [0.15, 0.2) is 0 Å². The highest BCUT2D eigenvalue weighted by atomic mass is 35.5. The number of benzene rings is 4. The Hall–Kier alpha value is -5.66. The van der Waals surface area contributed by atoms with Gasteiger partial charge in [0, 0.05) is 67.6 Å². The van der Waals surface area contributed by atoms with Crippen LogP contribution in [-0.4, -0.2) is 82.4 Å². The SMILES string of the molecule is NCCCNc1ccc(S(=O)(=O)NC(=O)c2ccc(N3CCN(Cc4ccccc4-c4ccc(Cl)cc4)CC3)cc2Oc2cnc3[nH]ccc3c2)cc1S(=O)(=O)C(F)(F)F. The predicted molar refractivity (Wildman–Crippen MR) is 223 cm³/mol. The van der Waals surface area contributed by atoms with E-state index in [4.69, 9.17) is 22.1 Å². The first-order valence-corrected chi connectivity index (χ1v) is 22.0. The number of halogens is 4. The Labute approximate surface area is 349 Å². The molecular formula is C41H39ClF3N7O6S2. The molecule has 1 saturated heterocycles. The highest BCUT2D eigenvalue weighted by Gasteiger charge is 2.48. The third-order valence-corrected chi connectivity index (χ3v) is 13.0. The van der Waals surface area contributed by atoms with Crippen LogP contribution in [-0.2, 0) is 26.4 Å². The standard InChI is InChI=1S/C41H39ClF3N7O6S2/c42-30-8-6-27(7-9-30)34-5-2-1-4-29(34)26-51-18-20-52(21-19-51)31-10-12-35(37(23-31)58-32-22-28-14-17-48-39(28)49-25-32)40(53)50-60(56,57)33-11-13-36(47-16-3-15-46)38(24-33)59(54,55)41(43,44)45/h1-2,4-14,17,22-25,47H,3,15-16,18-21,26,46H2,(H,48,49)(H,50,53). The lowest BCUT2D eigenvalue weighted by atomic mass is 9.99. The number of fused-ring (bicyclic) bond motifs is 1. The zero-order valence-corrected chi connectivity index (χ0v) is 34.1. The van der Waals surface area contributed by atoms with E-state index in [1.165, 1.54) is 12.3 Å². The molecule has 0 radical (unpaired) electrons. The highest BCUT2D eigenvalue weighted by Crippen LogP contribution is 2.37. The van der Waals surface area contributed by atoms with Crippen molar-refractivity contribution in [1.82, 2.24) is 19.6 Å². The number of carbonyl (C=O) groups is 1. The quantitative estimate of drug-likeness (QED) is 0.0815. The fourth-order valence-corrected chi connectivity index (χ4v) is 8.93. The van der Waals surface area contributed by atoms with Crippen LogP contribution in [0.15, 0.2) is 119 Å². The molecule has 1 aliphatic rings. The van der Waals surface area contributed by atoms with Gasteiger partial charge in [-0.1, -0.05) is 48.0 Å². The van der Waals surface area contributed by atoms with Crippen LogP contribution in [0.5, 0.6) is 11.5 Å². The lowest BCUT2D eigenvalue weighted by Crippen LogP contribution is -2.46. The number of carbonyl (C=O) groups excluding carboxylic acids is 1. The number of nitrogens with two attached hydrogens (primary N) is 1. The number of piperazine rings is 1. The number of pyridine rings is 1. The van der Waals surface area contributed by atoms with Crippen LogP contribution in [0.2, 0.25) is 5.02 Å². The van der Waals surface area contributed by atoms with Gasteiger partial charge in [-0.05, 0) is 84.3 Å². The second-order valence-electron chi connectivity index (χ2n) is 13.9. The average molecular weight is 882 g/mol. The third kappa shape index (κ3) is 9.37. The first-order valence-electron chi connectivity index (χ1n) is 18.7. The van der Waals surface area contributed by atoms with Crippen LogP contribution in [0.4, 0.5) is 24.5 Å². The van der Waals surface area contributed by atoms with E-state index in [2.05, 4.69) is 37.2 Å². The summed E-state index contributed by atoms with van der Waals surface area (Å²) in [5.41, 5.74) is 3.61. The summed E-state index contributed by atoms with van der Waals surface area (Å²) in [4.78, 5) is 23.3. The van der Waals surface area contributed by atoms with Crippen LogP contribution in [0, 0.1) is 0 Å². The maximum Gasteiger partial charge on any atom is 0.501 e. The molecule has 4 aromatic carbocycles. The fraction of sp³-hybridized carbons (Fsp3) is 0.220. The molecule has 0 bridgehead atoms. The summed E-state index contributed by atoms with van der Waals surface area (Å²) in [6.45, 7) is 3.51. The smallest absolute Gasteiger partial charge is 0.455 e. The fourth-order valence-electron chi connectivity index (χ4n) is 6.78. The third-order valence-electron chi connectivity index (χ3n) is 9.90. The Bertz CT molecular complexity index is 2740. The molecular weight excluding hydrogens is 843 g/mol. The number of rotatable bonds is 14. The van der Waals surface area contributed by atoms with Gasteiger partial charge < -0.3 is 25.7 Å². The van der Waals surface area contributed by atoms with Crippen molar-refractivity contribution in [2.45, 2.75) is 28.3 Å². The van der Waals surface area contributed by atoms with E-state index in [0.717, 1.165) is 28.8 Å². The lowest BCUT2D eigenvalue weighted by molar-refractivity contribution is -0.0435. The molecule has 19 heteroatoms. The van der Waals surface area contributed by atoms with Crippen molar-refractivity contribution in [1.29, 1.82) is 0 Å². The van der Waals surface area contributed by atoms with E-state index in [1.807, 2.05) is 41.1 Å². The molecule has 1 amide bonds. The van der Waals surface area contributed by atoms with E-state index in [0.29, 0.717) is 60.5 Å². The van der Waals surface area contributed by atoms with Gasteiger partial charge in [-0.25, -0.2) is 26.5 Å². The number of nitrogens with one attached hydrogen (secondary N) is 3. The predicted octanol–water partition coefficient (Wildman–Crippen LogP) is 7.17. The molecule has 5 N–H and O–H groups in total. The van der Waals surface area contributed by atoms with Crippen LogP contribution in [0.3, 0.4) is 0 Å². The molecule has 0 spiro atoms. The zero-order valence-electron chi connectivity index (χ0n) is 31.7. The molecule has 2 aromatic heterocycles. The number of anilines is 2. The molecule has 0 atom stereocenters. The second kappa shape index (κ2) is 17.5. The van der Waals surface area contributed by atoms with Crippen LogP contribution >= 0.6 is 11.6 Å². The average Bonchev–Trinajstić information content (AvgIpc) is 3.69. The number of hydrogen-bond acceptors (Lipinski definition) is 11. The number of sulfonamides is 1. The number of sulfone groups is 1. The van der Waals surface area contributed by atoms with Gasteiger partial charge in [-0.2, -0.15) is 13.2 Å².